The second kappa shape index (κ2) is 6.62. The highest BCUT2D eigenvalue weighted by molar-refractivity contribution is 5.86. The number of aryl methyl sites for hydroxylation is 1. The maximum absolute atomic E-state index is 5.68. The standard InChI is InChI=1S/C13H22N6O/c1-4-5-9(2)7-20-8-11-16-12(18-14)10-6-15-19(3)13(10)17-11/h6,9H,4-5,7-8,14H2,1-3H3,(H,16,17,18). The molecular weight excluding hydrogens is 256 g/mol. The summed E-state index contributed by atoms with van der Waals surface area (Å²) in [4.78, 5) is 8.80. The van der Waals surface area contributed by atoms with E-state index < -0.39 is 0 Å². The van der Waals surface area contributed by atoms with Crippen molar-refractivity contribution in [3.8, 4) is 0 Å². The lowest BCUT2D eigenvalue weighted by atomic mass is 10.1. The molecule has 0 amide bonds. The number of anilines is 1. The predicted molar refractivity (Wildman–Crippen MR) is 77.8 cm³/mol. The number of ether oxygens (including phenoxy) is 1. The maximum atomic E-state index is 5.68. The molecule has 0 radical (unpaired) electrons. The Labute approximate surface area is 118 Å². The highest BCUT2D eigenvalue weighted by Crippen LogP contribution is 2.18. The van der Waals surface area contributed by atoms with E-state index in [1.165, 1.54) is 6.42 Å². The molecule has 2 heterocycles. The Morgan fingerprint density at radius 3 is 2.95 bits per heavy atom. The summed E-state index contributed by atoms with van der Waals surface area (Å²) >= 11 is 0. The van der Waals surface area contributed by atoms with E-state index in [0.29, 0.717) is 30.8 Å². The van der Waals surface area contributed by atoms with Gasteiger partial charge in [-0.1, -0.05) is 20.3 Å². The summed E-state index contributed by atoms with van der Waals surface area (Å²) in [7, 11) is 1.84. The van der Waals surface area contributed by atoms with Crippen molar-refractivity contribution >= 4 is 16.9 Å². The van der Waals surface area contributed by atoms with E-state index in [2.05, 4.69) is 34.3 Å². The van der Waals surface area contributed by atoms with Crippen LogP contribution >= 0.6 is 0 Å². The Hall–Kier alpha value is -1.73. The summed E-state index contributed by atoms with van der Waals surface area (Å²) < 4.78 is 7.37. The zero-order valence-corrected chi connectivity index (χ0v) is 12.3. The molecule has 7 heteroatoms. The van der Waals surface area contributed by atoms with Crippen LogP contribution in [0.25, 0.3) is 11.0 Å². The molecule has 0 aliphatic carbocycles. The van der Waals surface area contributed by atoms with E-state index in [1.807, 2.05) is 7.05 Å². The minimum absolute atomic E-state index is 0.379. The average molecular weight is 278 g/mol. The number of hydrazine groups is 1. The monoisotopic (exact) mass is 278 g/mol. The second-order valence-corrected chi connectivity index (χ2v) is 5.05. The highest BCUT2D eigenvalue weighted by atomic mass is 16.5. The quantitative estimate of drug-likeness (QED) is 0.590. The van der Waals surface area contributed by atoms with E-state index in [1.54, 1.807) is 10.9 Å². The summed E-state index contributed by atoms with van der Waals surface area (Å²) in [5, 5.41) is 4.96. The molecule has 110 valence electrons. The third kappa shape index (κ3) is 3.23. The van der Waals surface area contributed by atoms with Crippen LogP contribution in [0.15, 0.2) is 6.20 Å². The Morgan fingerprint density at radius 1 is 1.45 bits per heavy atom. The van der Waals surface area contributed by atoms with Gasteiger partial charge in [0.05, 0.1) is 11.6 Å². The molecule has 0 aliphatic heterocycles. The van der Waals surface area contributed by atoms with Crippen LogP contribution in [0.1, 0.15) is 32.5 Å². The zero-order chi connectivity index (χ0) is 14.5. The van der Waals surface area contributed by atoms with E-state index in [-0.39, 0.29) is 0 Å². The number of aromatic nitrogens is 4. The number of nitrogens with one attached hydrogen (secondary N) is 1. The average Bonchev–Trinajstić information content (AvgIpc) is 2.80. The predicted octanol–water partition coefficient (Wildman–Crippen LogP) is 1.60. The Morgan fingerprint density at radius 2 is 2.25 bits per heavy atom. The van der Waals surface area contributed by atoms with Gasteiger partial charge in [0, 0.05) is 13.7 Å². The van der Waals surface area contributed by atoms with Crippen LogP contribution in [0, 0.1) is 5.92 Å². The van der Waals surface area contributed by atoms with Gasteiger partial charge in [-0.3, -0.25) is 4.68 Å². The molecule has 2 aromatic rings. The lowest BCUT2D eigenvalue weighted by Crippen LogP contribution is -2.13. The number of hydrogen-bond acceptors (Lipinski definition) is 6. The largest absolute Gasteiger partial charge is 0.373 e. The zero-order valence-electron chi connectivity index (χ0n) is 12.3. The smallest absolute Gasteiger partial charge is 0.163 e. The third-order valence-electron chi connectivity index (χ3n) is 3.19. The Bertz CT molecular complexity index is 567. The van der Waals surface area contributed by atoms with E-state index in [4.69, 9.17) is 10.6 Å². The van der Waals surface area contributed by atoms with Crippen molar-refractivity contribution in [1.29, 1.82) is 0 Å². The number of nitrogens with two attached hydrogens (primary N) is 1. The first-order valence-electron chi connectivity index (χ1n) is 6.88. The summed E-state index contributed by atoms with van der Waals surface area (Å²) in [5.74, 6) is 7.22. The van der Waals surface area contributed by atoms with Crippen molar-refractivity contribution in [1.82, 2.24) is 19.7 Å². The van der Waals surface area contributed by atoms with Crippen molar-refractivity contribution in [3.63, 3.8) is 0 Å². The number of fused-ring (bicyclic) bond motifs is 1. The minimum atomic E-state index is 0.379. The number of hydrogen-bond donors (Lipinski definition) is 2. The molecule has 2 aromatic heterocycles. The molecule has 0 fully saturated rings. The van der Waals surface area contributed by atoms with Gasteiger partial charge in [0.25, 0.3) is 0 Å². The Balaban J connectivity index is 2.08. The van der Waals surface area contributed by atoms with Crippen molar-refractivity contribution in [2.24, 2.45) is 18.8 Å². The van der Waals surface area contributed by atoms with Crippen molar-refractivity contribution in [2.75, 3.05) is 12.0 Å². The van der Waals surface area contributed by atoms with Crippen LogP contribution in [0.5, 0.6) is 0 Å². The lowest BCUT2D eigenvalue weighted by Gasteiger charge is -2.11. The Kier molecular flexibility index (Phi) is 4.86. The molecule has 0 saturated heterocycles. The summed E-state index contributed by atoms with van der Waals surface area (Å²) in [6, 6.07) is 0. The fourth-order valence-corrected chi connectivity index (χ4v) is 2.17. The van der Waals surface area contributed by atoms with E-state index in [9.17, 15) is 0 Å². The SMILES string of the molecule is CCCC(C)COCc1nc(NN)c2cnn(C)c2n1. The summed E-state index contributed by atoms with van der Waals surface area (Å²) in [6.07, 6.45) is 4.03. The van der Waals surface area contributed by atoms with Gasteiger partial charge >= 0.3 is 0 Å². The molecule has 0 aliphatic rings. The maximum Gasteiger partial charge on any atom is 0.163 e. The van der Waals surface area contributed by atoms with Crippen LogP contribution in [0.3, 0.4) is 0 Å². The number of nitrogens with zero attached hydrogens (tertiary/aromatic N) is 4. The van der Waals surface area contributed by atoms with E-state index in [0.717, 1.165) is 17.5 Å². The second-order valence-electron chi connectivity index (χ2n) is 5.05. The normalized spacial score (nSPS) is 12.8. The minimum Gasteiger partial charge on any atom is -0.373 e. The fourth-order valence-electron chi connectivity index (χ4n) is 2.17. The topological polar surface area (TPSA) is 90.9 Å². The molecule has 0 spiro atoms. The third-order valence-corrected chi connectivity index (χ3v) is 3.19. The molecule has 0 saturated carbocycles. The van der Waals surface area contributed by atoms with Crippen LogP contribution < -0.4 is 11.3 Å². The highest BCUT2D eigenvalue weighted by Gasteiger charge is 2.11. The first-order chi connectivity index (χ1) is 9.65. The molecule has 20 heavy (non-hydrogen) atoms. The first-order valence-corrected chi connectivity index (χ1v) is 6.88. The van der Waals surface area contributed by atoms with E-state index >= 15 is 0 Å². The summed E-state index contributed by atoms with van der Waals surface area (Å²) in [6.45, 7) is 5.45. The van der Waals surface area contributed by atoms with Gasteiger partial charge < -0.3 is 10.2 Å². The molecular formula is C13H22N6O. The number of rotatable bonds is 7. The molecule has 7 nitrogen and oxygen atoms in total. The van der Waals surface area contributed by atoms with Crippen molar-refractivity contribution < 1.29 is 4.74 Å². The van der Waals surface area contributed by atoms with Gasteiger partial charge in [-0.05, 0) is 12.3 Å². The van der Waals surface area contributed by atoms with Gasteiger partial charge in [0.1, 0.15) is 6.61 Å². The van der Waals surface area contributed by atoms with Gasteiger partial charge in [0.2, 0.25) is 0 Å². The lowest BCUT2D eigenvalue weighted by molar-refractivity contribution is 0.0850. The van der Waals surface area contributed by atoms with Gasteiger partial charge in [-0.2, -0.15) is 5.10 Å². The molecule has 1 atom stereocenters. The van der Waals surface area contributed by atoms with Crippen LogP contribution in [-0.2, 0) is 18.4 Å². The van der Waals surface area contributed by atoms with Gasteiger partial charge in [-0.15, -0.1) is 0 Å². The van der Waals surface area contributed by atoms with Crippen LogP contribution in [0.4, 0.5) is 5.82 Å². The number of nitrogen functional groups attached to an aromatic ring is 1. The van der Waals surface area contributed by atoms with Crippen molar-refractivity contribution in [3.05, 3.63) is 12.0 Å². The first kappa shape index (κ1) is 14.7. The fraction of sp³-hybridized carbons (Fsp3) is 0.615. The molecule has 0 aromatic carbocycles. The van der Waals surface area contributed by atoms with Gasteiger partial charge in [-0.25, -0.2) is 15.8 Å². The summed E-state index contributed by atoms with van der Waals surface area (Å²) in [5.41, 5.74) is 3.33. The van der Waals surface area contributed by atoms with Crippen LogP contribution in [-0.4, -0.2) is 26.4 Å². The van der Waals surface area contributed by atoms with Crippen LogP contribution in [0.2, 0.25) is 0 Å². The molecule has 0 bridgehead atoms. The molecule has 2 rings (SSSR count). The molecule has 3 N–H and O–H groups in total. The van der Waals surface area contributed by atoms with Crippen molar-refractivity contribution in [2.45, 2.75) is 33.3 Å². The molecule has 1 unspecified atom stereocenters. The van der Waals surface area contributed by atoms with Gasteiger partial charge in [0.15, 0.2) is 17.3 Å².